The Kier molecular flexibility index (Phi) is 2.60. The van der Waals surface area contributed by atoms with Gasteiger partial charge in [-0.3, -0.25) is 4.79 Å². The van der Waals surface area contributed by atoms with E-state index in [2.05, 4.69) is 0 Å². The summed E-state index contributed by atoms with van der Waals surface area (Å²) in [5.74, 6) is 0.671. The van der Waals surface area contributed by atoms with Crippen molar-refractivity contribution in [3.63, 3.8) is 0 Å². The SMILES string of the molecule is CC(=CC(=O)Cl)c1cc2ccccc2o1. The molecule has 3 heteroatoms. The number of benzene rings is 1. The van der Waals surface area contributed by atoms with Crippen molar-refractivity contribution in [1.29, 1.82) is 0 Å². The van der Waals surface area contributed by atoms with Crippen LogP contribution in [0.2, 0.25) is 0 Å². The number of carbonyl (C=O) groups excluding carboxylic acids is 1. The molecule has 1 aromatic heterocycles. The number of carbonyl (C=O) groups is 1. The Balaban J connectivity index is 2.49. The maximum Gasteiger partial charge on any atom is 0.245 e. The predicted octanol–water partition coefficient (Wildman–Crippen LogP) is 3.60. The number of halogens is 1. The van der Waals surface area contributed by atoms with Gasteiger partial charge in [-0.15, -0.1) is 0 Å². The zero-order chi connectivity index (χ0) is 10.8. The molecular formula is C12H9ClO2. The van der Waals surface area contributed by atoms with Gasteiger partial charge < -0.3 is 4.42 Å². The van der Waals surface area contributed by atoms with E-state index in [9.17, 15) is 4.79 Å². The Morgan fingerprint density at radius 1 is 1.40 bits per heavy atom. The van der Waals surface area contributed by atoms with Crippen molar-refractivity contribution >= 4 is 33.4 Å². The number of fused-ring (bicyclic) bond motifs is 1. The van der Waals surface area contributed by atoms with Crippen LogP contribution in [-0.2, 0) is 4.79 Å². The first-order valence-electron chi connectivity index (χ1n) is 4.53. The van der Waals surface area contributed by atoms with Crippen molar-refractivity contribution in [1.82, 2.24) is 0 Å². The number of furan rings is 1. The van der Waals surface area contributed by atoms with Crippen molar-refractivity contribution in [2.75, 3.05) is 0 Å². The van der Waals surface area contributed by atoms with E-state index in [4.69, 9.17) is 16.0 Å². The van der Waals surface area contributed by atoms with E-state index < -0.39 is 5.24 Å². The largest absolute Gasteiger partial charge is 0.456 e. The van der Waals surface area contributed by atoms with E-state index in [1.807, 2.05) is 30.3 Å². The number of hydrogen-bond acceptors (Lipinski definition) is 2. The lowest BCUT2D eigenvalue weighted by Gasteiger charge is -1.91. The highest BCUT2D eigenvalue weighted by Gasteiger charge is 2.05. The zero-order valence-electron chi connectivity index (χ0n) is 8.16. The summed E-state index contributed by atoms with van der Waals surface area (Å²) in [6.45, 7) is 1.79. The topological polar surface area (TPSA) is 30.2 Å². The second kappa shape index (κ2) is 3.91. The highest BCUT2D eigenvalue weighted by molar-refractivity contribution is 6.66. The first-order chi connectivity index (χ1) is 7.16. The molecule has 0 spiro atoms. The van der Waals surface area contributed by atoms with Crippen molar-refractivity contribution < 1.29 is 9.21 Å². The second-order valence-electron chi connectivity index (χ2n) is 3.28. The van der Waals surface area contributed by atoms with Gasteiger partial charge in [0.05, 0.1) is 0 Å². The normalized spacial score (nSPS) is 12.0. The molecule has 0 fully saturated rings. The maximum absolute atomic E-state index is 10.7. The van der Waals surface area contributed by atoms with Gasteiger partial charge in [-0.05, 0) is 36.2 Å². The van der Waals surface area contributed by atoms with Crippen LogP contribution in [0, 0.1) is 0 Å². The van der Waals surface area contributed by atoms with Gasteiger partial charge >= 0.3 is 0 Å². The fourth-order valence-corrected chi connectivity index (χ4v) is 1.58. The summed E-state index contributed by atoms with van der Waals surface area (Å²) in [5.41, 5.74) is 1.54. The van der Waals surface area contributed by atoms with Gasteiger partial charge in [-0.1, -0.05) is 18.2 Å². The van der Waals surface area contributed by atoms with Crippen LogP contribution in [0.3, 0.4) is 0 Å². The molecule has 2 aromatic rings. The minimum absolute atomic E-state index is 0.493. The summed E-state index contributed by atoms with van der Waals surface area (Å²) in [7, 11) is 0. The highest BCUT2D eigenvalue weighted by Crippen LogP contribution is 2.24. The van der Waals surface area contributed by atoms with Crippen LogP contribution in [-0.4, -0.2) is 5.24 Å². The first kappa shape index (κ1) is 9.99. The molecule has 2 rings (SSSR count). The van der Waals surface area contributed by atoms with Gasteiger partial charge in [0.15, 0.2) is 0 Å². The molecule has 0 atom stereocenters. The molecule has 0 aliphatic rings. The molecule has 15 heavy (non-hydrogen) atoms. The maximum atomic E-state index is 10.7. The minimum atomic E-state index is -0.493. The standard InChI is InChI=1S/C12H9ClO2/c1-8(6-12(13)14)11-7-9-4-2-3-5-10(9)15-11/h2-7H,1H3. The average Bonchev–Trinajstić information content (AvgIpc) is 2.59. The third-order valence-electron chi connectivity index (χ3n) is 2.14. The second-order valence-corrected chi connectivity index (χ2v) is 3.65. The summed E-state index contributed by atoms with van der Waals surface area (Å²) in [5, 5.41) is 0.523. The van der Waals surface area contributed by atoms with Crippen LogP contribution < -0.4 is 0 Å². The molecule has 0 unspecified atom stereocenters. The summed E-state index contributed by atoms with van der Waals surface area (Å²) in [4.78, 5) is 10.7. The first-order valence-corrected chi connectivity index (χ1v) is 4.91. The van der Waals surface area contributed by atoms with E-state index in [1.54, 1.807) is 6.92 Å². The average molecular weight is 221 g/mol. The molecule has 0 aliphatic carbocycles. The van der Waals surface area contributed by atoms with Gasteiger partial charge in [0, 0.05) is 11.5 Å². The molecular weight excluding hydrogens is 212 g/mol. The van der Waals surface area contributed by atoms with Crippen LogP contribution in [0.4, 0.5) is 0 Å². The monoisotopic (exact) mass is 220 g/mol. The van der Waals surface area contributed by atoms with Crippen molar-refractivity contribution in [2.45, 2.75) is 6.92 Å². The molecule has 0 N–H and O–H groups in total. The van der Waals surface area contributed by atoms with Gasteiger partial charge in [0.2, 0.25) is 5.24 Å². The van der Waals surface area contributed by atoms with E-state index in [0.29, 0.717) is 5.76 Å². The fraction of sp³-hybridized carbons (Fsp3) is 0.0833. The molecule has 0 amide bonds. The number of rotatable bonds is 2. The lowest BCUT2D eigenvalue weighted by atomic mass is 10.2. The zero-order valence-corrected chi connectivity index (χ0v) is 8.91. The quantitative estimate of drug-likeness (QED) is 0.572. The van der Waals surface area contributed by atoms with Gasteiger partial charge in [-0.2, -0.15) is 0 Å². The smallest absolute Gasteiger partial charge is 0.245 e. The molecule has 2 nitrogen and oxygen atoms in total. The molecule has 0 saturated heterocycles. The molecule has 0 aliphatic heterocycles. The lowest BCUT2D eigenvalue weighted by Crippen LogP contribution is -1.80. The Labute approximate surface area is 92.1 Å². The fourth-order valence-electron chi connectivity index (χ4n) is 1.42. The highest BCUT2D eigenvalue weighted by atomic mass is 35.5. The molecule has 0 radical (unpaired) electrons. The molecule has 1 aromatic carbocycles. The van der Waals surface area contributed by atoms with Crippen LogP contribution >= 0.6 is 11.6 Å². The summed E-state index contributed by atoms with van der Waals surface area (Å²) in [6.07, 6.45) is 1.35. The number of hydrogen-bond donors (Lipinski definition) is 0. The van der Waals surface area contributed by atoms with Crippen LogP contribution in [0.25, 0.3) is 16.5 Å². The molecule has 0 bridgehead atoms. The van der Waals surface area contributed by atoms with E-state index in [-0.39, 0.29) is 0 Å². The molecule has 1 heterocycles. The van der Waals surface area contributed by atoms with Crippen LogP contribution in [0.1, 0.15) is 12.7 Å². The lowest BCUT2D eigenvalue weighted by molar-refractivity contribution is -0.107. The Morgan fingerprint density at radius 3 is 2.80 bits per heavy atom. The third kappa shape index (κ3) is 2.10. The predicted molar refractivity (Wildman–Crippen MR) is 60.7 cm³/mol. The number of allylic oxidation sites excluding steroid dienone is 2. The van der Waals surface area contributed by atoms with Gasteiger partial charge in [0.1, 0.15) is 11.3 Å². The molecule has 76 valence electrons. The van der Waals surface area contributed by atoms with E-state index in [0.717, 1.165) is 16.5 Å². The van der Waals surface area contributed by atoms with Crippen molar-refractivity contribution in [3.05, 3.63) is 42.2 Å². The molecule has 0 saturated carbocycles. The van der Waals surface area contributed by atoms with Crippen LogP contribution in [0.15, 0.2) is 40.8 Å². The van der Waals surface area contributed by atoms with Crippen molar-refractivity contribution in [3.8, 4) is 0 Å². The third-order valence-corrected chi connectivity index (χ3v) is 2.25. The van der Waals surface area contributed by atoms with Gasteiger partial charge in [0.25, 0.3) is 0 Å². The van der Waals surface area contributed by atoms with E-state index in [1.165, 1.54) is 6.08 Å². The summed E-state index contributed by atoms with van der Waals surface area (Å²) in [6, 6.07) is 9.57. The van der Waals surface area contributed by atoms with Gasteiger partial charge in [-0.25, -0.2) is 0 Å². The number of para-hydroxylation sites is 1. The Bertz CT molecular complexity index is 504. The minimum Gasteiger partial charge on any atom is -0.456 e. The van der Waals surface area contributed by atoms with Crippen molar-refractivity contribution in [2.24, 2.45) is 0 Å². The summed E-state index contributed by atoms with van der Waals surface area (Å²) < 4.78 is 5.55. The summed E-state index contributed by atoms with van der Waals surface area (Å²) >= 11 is 5.26. The Hall–Kier alpha value is -1.54. The Morgan fingerprint density at radius 2 is 2.13 bits per heavy atom. The van der Waals surface area contributed by atoms with Crippen LogP contribution in [0.5, 0.6) is 0 Å². The van der Waals surface area contributed by atoms with E-state index >= 15 is 0 Å².